The second kappa shape index (κ2) is 8.56. The summed E-state index contributed by atoms with van der Waals surface area (Å²) in [6.07, 6.45) is 4.45. The SMILES string of the molecule is CSc1ccccc1C(=O)O[C@H](C)C(=O)N[C@@H]1CCC[C@H](C)[C@H]1C. The van der Waals surface area contributed by atoms with Gasteiger partial charge in [0.1, 0.15) is 0 Å². The molecule has 1 N–H and O–H groups in total. The first-order valence-corrected chi connectivity index (χ1v) is 9.81. The number of esters is 1. The fourth-order valence-corrected chi connectivity index (χ4v) is 3.76. The Balaban J connectivity index is 1.95. The molecule has 1 saturated carbocycles. The Kier molecular flexibility index (Phi) is 6.72. The lowest BCUT2D eigenvalue weighted by Gasteiger charge is -2.35. The van der Waals surface area contributed by atoms with Crippen molar-refractivity contribution < 1.29 is 14.3 Å². The Morgan fingerprint density at radius 2 is 1.96 bits per heavy atom. The molecule has 1 aliphatic rings. The van der Waals surface area contributed by atoms with Crippen LogP contribution in [0.5, 0.6) is 0 Å². The topological polar surface area (TPSA) is 55.4 Å². The van der Waals surface area contributed by atoms with Crippen LogP contribution in [0.2, 0.25) is 0 Å². The summed E-state index contributed by atoms with van der Waals surface area (Å²) in [5.74, 6) is 0.391. The van der Waals surface area contributed by atoms with Crippen LogP contribution < -0.4 is 5.32 Å². The lowest BCUT2D eigenvalue weighted by atomic mass is 9.78. The molecule has 0 radical (unpaired) electrons. The van der Waals surface area contributed by atoms with Crippen LogP contribution in [0.1, 0.15) is 50.4 Å². The Labute approximate surface area is 148 Å². The molecule has 1 amide bonds. The van der Waals surface area contributed by atoms with Crippen molar-refractivity contribution in [3.63, 3.8) is 0 Å². The van der Waals surface area contributed by atoms with Gasteiger partial charge in [-0.05, 0) is 43.6 Å². The van der Waals surface area contributed by atoms with Crippen LogP contribution in [0.25, 0.3) is 0 Å². The molecule has 132 valence electrons. The number of nitrogens with one attached hydrogen (secondary N) is 1. The number of benzene rings is 1. The Morgan fingerprint density at radius 3 is 2.67 bits per heavy atom. The molecule has 1 aliphatic carbocycles. The van der Waals surface area contributed by atoms with Crippen molar-refractivity contribution in [1.29, 1.82) is 0 Å². The maximum atomic E-state index is 12.4. The third kappa shape index (κ3) is 4.53. The number of thioether (sulfide) groups is 1. The summed E-state index contributed by atoms with van der Waals surface area (Å²) in [7, 11) is 0. The standard InChI is InChI=1S/C19H27NO3S/c1-12-8-7-10-16(13(12)2)20-18(21)14(3)23-19(22)15-9-5-6-11-17(15)24-4/h5-6,9,11-14,16H,7-8,10H2,1-4H3,(H,20,21)/t12-,13+,14+,16+/m0/s1. The average Bonchev–Trinajstić information content (AvgIpc) is 2.58. The van der Waals surface area contributed by atoms with E-state index in [0.29, 0.717) is 17.4 Å². The van der Waals surface area contributed by atoms with E-state index in [2.05, 4.69) is 19.2 Å². The van der Waals surface area contributed by atoms with Crippen molar-refractivity contribution >= 4 is 23.6 Å². The quantitative estimate of drug-likeness (QED) is 0.647. The van der Waals surface area contributed by atoms with Crippen LogP contribution in [-0.2, 0) is 9.53 Å². The van der Waals surface area contributed by atoms with Crippen LogP contribution in [-0.4, -0.2) is 30.3 Å². The lowest BCUT2D eigenvalue weighted by molar-refractivity contribution is -0.130. The van der Waals surface area contributed by atoms with Gasteiger partial charge in [-0.3, -0.25) is 4.79 Å². The molecule has 0 bridgehead atoms. The third-order valence-electron chi connectivity index (χ3n) is 5.01. The van der Waals surface area contributed by atoms with Gasteiger partial charge in [0.2, 0.25) is 0 Å². The molecule has 4 atom stereocenters. The van der Waals surface area contributed by atoms with Gasteiger partial charge in [0.15, 0.2) is 6.10 Å². The van der Waals surface area contributed by atoms with E-state index in [1.54, 1.807) is 19.1 Å². The van der Waals surface area contributed by atoms with Gasteiger partial charge in [0.25, 0.3) is 5.91 Å². The lowest BCUT2D eigenvalue weighted by Crippen LogP contribution is -2.47. The van der Waals surface area contributed by atoms with E-state index in [9.17, 15) is 9.59 Å². The number of hydrogen-bond donors (Lipinski definition) is 1. The van der Waals surface area contributed by atoms with Gasteiger partial charge in [-0.15, -0.1) is 11.8 Å². The molecule has 0 aromatic heterocycles. The summed E-state index contributed by atoms with van der Waals surface area (Å²) in [6.45, 7) is 6.04. The molecule has 2 rings (SSSR count). The van der Waals surface area contributed by atoms with E-state index in [1.165, 1.54) is 18.2 Å². The van der Waals surface area contributed by atoms with E-state index in [0.717, 1.165) is 17.7 Å². The summed E-state index contributed by atoms with van der Waals surface area (Å²) < 4.78 is 5.38. The van der Waals surface area contributed by atoms with E-state index in [4.69, 9.17) is 4.74 Å². The second-order valence-corrected chi connectivity index (χ2v) is 7.48. The molecular weight excluding hydrogens is 322 g/mol. The highest BCUT2D eigenvalue weighted by Gasteiger charge is 2.30. The summed E-state index contributed by atoms with van der Waals surface area (Å²) >= 11 is 1.49. The van der Waals surface area contributed by atoms with Gasteiger partial charge in [-0.2, -0.15) is 0 Å². The number of ether oxygens (including phenoxy) is 1. The third-order valence-corrected chi connectivity index (χ3v) is 5.81. The highest BCUT2D eigenvalue weighted by atomic mass is 32.2. The molecule has 0 spiro atoms. The molecule has 1 aromatic carbocycles. The first kappa shape index (κ1) is 18.8. The molecule has 0 aliphatic heterocycles. The molecule has 0 heterocycles. The van der Waals surface area contributed by atoms with Crippen molar-refractivity contribution in [1.82, 2.24) is 5.32 Å². The van der Waals surface area contributed by atoms with Crippen LogP contribution in [0.3, 0.4) is 0 Å². The zero-order valence-electron chi connectivity index (χ0n) is 14.9. The van der Waals surface area contributed by atoms with E-state index >= 15 is 0 Å². The monoisotopic (exact) mass is 349 g/mol. The molecule has 5 heteroatoms. The van der Waals surface area contributed by atoms with Crippen molar-refractivity contribution in [2.24, 2.45) is 11.8 Å². The smallest absolute Gasteiger partial charge is 0.340 e. The molecule has 1 aromatic rings. The summed E-state index contributed by atoms with van der Waals surface area (Å²) in [5.41, 5.74) is 0.504. The van der Waals surface area contributed by atoms with Gasteiger partial charge < -0.3 is 10.1 Å². The minimum Gasteiger partial charge on any atom is -0.449 e. The van der Waals surface area contributed by atoms with Crippen LogP contribution in [0, 0.1) is 11.8 Å². The second-order valence-electron chi connectivity index (χ2n) is 6.63. The summed E-state index contributed by atoms with van der Waals surface area (Å²) in [4.78, 5) is 25.6. The highest BCUT2D eigenvalue weighted by Crippen LogP contribution is 2.29. The Morgan fingerprint density at radius 1 is 1.25 bits per heavy atom. The van der Waals surface area contributed by atoms with Crippen LogP contribution in [0.4, 0.5) is 0 Å². The Hall–Kier alpha value is -1.49. The molecule has 0 unspecified atom stereocenters. The molecule has 24 heavy (non-hydrogen) atoms. The minimum atomic E-state index is -0.795. The normalized spacial score (nSPS) is 24.9. The predicted molar refractivity (Wildman–Crippen MR) is 97.2 cm³/mol. The van der Waals surface area contributed by atoms with E-state index in [-0.39, 0.29) is 11.9 Å². The average molecular weight is 349 g/mol. The summed E-state index contributed by atoms with van der Waals surface area (Å²) in [6, 6.07) is 7.44. The maximum Gasteiger partial charge on any atom is 0.340 e. The van der Waals surface area contributed by atoms with E-state index < -0.39 is 12.1 Å². The van der Waals surface area contributed by atoms with Gasteiger partial charge in [-0.1, -0.05) is 38.8 Å². The van der Waals surface area contributed by atoms with Gasteiger partial charge in [0.05, 0.1) is 5.56 Å². The highest BCUT2D eigenvalue weighted by molar-refractivity contribution is 7.98. The van der Waals surface area contributed by atoms with Gasteiger partial charge >= 0.3 is 5.97 Å². The maximum absolute atomic E-state index is 12.4. The molecular formula is C19H27NO3S. The number of carbonyl (C=O) groups is 2. The van der Waals surface area contributed by atoms with Crippen molar-refractivity contribution in [2.75, 3.05) is 6.26 Å². The zero-order valence-corrected chi connectivity index (χ0v) is 15.7. The number of hydrogen-bond acceptors (Lipinski definition) is 4. The fraction of sp³-hybridized carbons (Fsp3) is 0.579. The minimum absolute atomic E-state index is 0.167. The number of amides is 1. The van der Waals surface area contributed by atoms with Crippen LogP contribution in [0.15, 0.2) is 29.2 Å². The van der Waals surface area contributed by atoms with Crippen molar-refractivity contribution in [3.05, 3.63) is 29.8 Å². The molecule has 1 fully saturated rings. The zero-order chi connectivity index (χ0) is 17.7. The number of carbonyl (C=O) groups excluding carboxylic acids is 2. The Bertz CT molecular complexity index is 590. The van der Waals surface area contributed by atoms with Crippen molar-refractivity contribution in [2.45, 2.75) is 57.1 Å². The molecule has 0 saturated heterocycles. The summed E-state index contributed by atoms with van der Waals surface area (Å²) in [5, 5.41) is 3.06. The first-order chi connectivity index (χ1) is 11.4. The predicted octanol–water partition coefficient (Wildman–Crippen LogP) is 3.89. The molecule has 4 nitrogen and oxygen atoms in total. The van der Waals surface area contributed by atoms with Crippen LogP contribution >= 0.6 is 11.8 Å². The first-order valence-electron chi connectivity index (χ1n) is 8.58. The number of rotatable bonds is 5. The van der Waals surface area contributed by atoms with E-state index in [1.807, 2.05) is 18.4 Å². The van der Waals surface area contributed by atoms with Gasteiger partial charge in [0, 0.05) is 10.9 Å². The fourth-order valence-electron chi connectivity index (χ4n) is 3.18. The van der Waals surface area contributed by atoms with Crippen molar-refractivity contribution in [3.8, 4) is 0 Å². The van der Waals surface area contributed by atoms with Gasteiger partial charge in [-0.25, -0.2) is 4.79 Å². The largest absolute Gasteiger partial charge is 0.449 e.